The van der Waals surface area contributed by atoms with E-state index in [1.165, 1.54) is 0 Å². The van der Waals surface area contributed by atoms with Gasteiger partial charge in [-0.2, -0.15) is 0 Å². The smallest absolute Gasteiger partial charge is 0.243 e. The van der Waals surface area contributed by atoms with Crippen LogP contribution in [0.5, 0.6) is 5.75 Å². The third-order valence-electron chi connectivity index (χ3n) is 5.73. The number of likely N-dealkylation sites (tertiary alicyclic amines) is 2. The fraction of sp³-hybridized carbons (Fsp3) is 0.667. The molecule has 1 unspecified atom stereocenters. The van der Waals surface area contributed by atoms with Gasteiger partial charge in [0.2, 0.25) is 5.91 Å². The van der Waals surface area contributed by atoms with E-state index in [-0.39, 0.29) is 11.6 Å². The van der Waals surface area contributed by atoms with Gasteiger partial charge in [-0.25, -0.2) is 0 Å². The zero-order chi connectivity index (χ0) is 18.7. The maximum atomic E-state index is 13.3. The molecular weight excluding hydrogens is 348 g/mol. The minimum Gasteiger partial charge on any atom is -0.492 e. The average molecular weight is 379 g/mol. The first-order valence-corrected chi connectivity index (χ1v) is 10.3. The third kappa shape index (κ3) is 3.72. The Hall–Kier alpha value is -1.26. The Morgan fingerprint density at radius 2 is 1.96 bits per heavy atom. The van der Waals surface area contributed by atoms with Crippen LogP contribution in [0.1, 0.15) is 58.4 Å². The molecule has 2 heterocycles. The Balaban J connectivity index is 1.76. The highest BCUT2D eigenvalue weighted by atomic mass is 35.5. The van der Waals surface area contributed by atoms with Crippen LogP contribution in [-0.2, 0) is 11.3 Å². The molecule has 1 aromatic carbocycles. The van der Waals surface area contributed by atoms with Gasteiger partial charge in [0.25, 0.3) is 0 Å². The Bertz CT molecular complexity index is 649. The maximum absolute atomic E-state index is 13.3. The molecule has 0 aliphatic carbocycles. The summed E-state index contributed by atoms with van der Waals surface area (Å²) in [5.41, 5.74) is 0.835. The first-order valence-electron chi connectivity index (χ1n) is 9.95. The van der Waals surface area contributed by atoms with Gasteiger partial charge >= 0.3 is 0 Å². The van der Waals surface area contributed by atoms with E-state index < -0.39 is 0 Å². The van der Waals surface area contributed by atoms with Crippen molar-refractivity contribution in [2.75, 3.05) is 19.7 Å². The maximum Gasteiger partial charge on any atom is 0.243 e. The van der Waals surface area contributed by atoms with E-state index in [4.69, 9.17) is 16.3 Å². The summed E-state index contributed by atoms with van der Waals surface area (Å²) in [5, 5.41) is 0.656. The van der Waals surface area contributed by atoms with E-state index in [2.05, 4.69) is 36.6 Å². The van der Waals surface area contributed by atoms with E-state index in [0.717, 1.165) is 63.1 Å². The molecule has 4 nitrogen and oxygen atoms in total. The molecule has 1 atom stereocenters. The summed E-state index contributed by atoms with van der Waals surface area (Å²) in [6, 6.07) is 6.30. The lowest BCUT2D eigenvalue weighted by molar-refractivity contribution is -0.149. The van der Waals surface area contributed by atoms with E-state index in [9.17, 15) is 4.79 Å². The number of hydrogen-bond acceptors (Lipinski definition) is 3. The molecule has 1 amide bonds. The van der Waals surface area contributed by atoms with Crippen molar-refractivity contribution in [3.63, 3.8) is 0 Å². The zero-order valence-electron chi connectivity index (χ0n) is 16.3. The van der Waals surface area contributed by atoms with Crippen molar-refractivity contribution in [1.29, 1.82) is 0 Å². The summed E-state index contributed by atoms with van der Waals surface area (Å²) in [6.07, 6.45) is 5.08. The summed E-state index contributed by atoms with van der Waals surface area (Å²) in [7, 11) is 0. The highest BCUT2D eigenvalue weighted by molar-refractivity contribution is 6.32. The molecule has 3 rings (SSSR count). The number of carbonyl (C=O) groups excluding carboxylic acids is 1. The number of benzene rings is 1. The standard InChI is InChI=1S/C21H31ClN2O2/c1-4-13-26-19-8-7-17(14-18(19)22)15-23-11-5-9-21(23)10-6-12-24(16(2)3)20(21)25/h7-8,14,16H,4-6,9-13,15H2,1-3H3. The molecule has 2 saturated heterocycles. The van der Waals surface area contributed by atoms with Crippen LogP contribution in [0.4, 0.5) is 0 Å². The second-order valence-corrected chi connectivity index (χ2v) is 8.27. The topological polar surface area (TPSA) is 32.8 Å². The molecule has 0 radical (unpaired) electrons. The van der Waals surface area contributed by atoms with Crippen molar-refractivity contribution < 1.29 is 9.53 Å². The van der Waals surface area contributed by atoms with Gasteiger partial charge in [-0.3, -0.25) is 9.69 Å². The number of rotatable bonds is 6. The van der Waals surface area contributed by atoms with Crippen LogP contribution in [0, 0.1) is 0 Å². The third-order valence-corrected chi connectivity index (χ3v) is 6.02. The molecule has 26 heavy (non-hydrogen) atoms. The number of piperidine rings is 1. The largest absolute Gasteiger partial charge is 0.492 e. The van der Waals surface area contributed by atoms with Crippen LogP contribution in [0.2, 0.25) is 5.02 Å². The summed E-state index contributed by atoms with van der Waals surface area (Å²) >= 11 is 6.40. The van der Waals surface area contributed by atoms with E-state index in [0.29, 0.717) is 17.5 Å². The predicted octanol–water partition coefficient (Wildman–Crippen LogP) is 4.49. The molecule has 1 spiro atoms. The first-order chi connectivity index (χ1) is 12.5. The summed E-state index contributed by atoms with van der Waals surface area (Å²) in [5.74, 6) is 1.07. The molecule has 0 aromatic heterocycles. The number of hydrogen-bond donors (Lipinski definition) is 0. The number of amides is 1. The SMILES string of the molecule is CCCOc1ccc(CN2CCCC23CCCN(C(C)C)C3=O)cc1Cl. The van der Waals surface area contributed by atoms with Crippen molar-refractivity contribution >= 4 is 17.5 Å². The molecule has 1 aromatic rings. The second-order valence-electron chi connectivity index (χ2n) is 7.87. The van der Waals surface area contributed by atoms with Crippen molar-refractivity contribution in [2.24, 2.45) is 0 Å². The fourth-order valence-corrected chi connectivity index (χ4v) is 4.65. The highest BCUT2D eigenvalue weighted by Gasteiger charge is 2.50. The summed E-state index contributed by atoms with van der Waals surface area (Å²) < 4.78 is 5.67. The molecule has 0 N–H and O–H groups in total. The lowest BCUT2D eigenvalue weighted by Gasteiger charge is -2.46. The van der Waals surface area contributed by atoms with E-state index >= 15 is 0 Å². The molecule has 2 aliphatic rings. The minimum atomic E-state index is -0.313. The quantitative estimate of drug-likeness (QED) is 0.730. The highest BCUT2D eigenvalue weighted by Crippen LogP contribution is 2.40. The van der Waals surface area contributed by atoms with Crippen LogP contribution in [0.25, 0.3) is 0 Å². The molecule has 2 aliphatic heterocycles. The van der Waals surface area contributed by atoms with Gasteiger partial charge < -0.3 is 9.64 Å². The zero-order valence-corrected chi connectivity index (χ0v) is 17.0. The number of carbonyl (C=O) groups is 1. The van der Waals surface area contributed by atoms with E-state index in [1.807, 2.05) is 12.1 Å². The average Bonchev–Trinajstić information content (AvgIpc) is 2.99. The normalized spacial score (nSPS) is 24.0. The van der Waals surface area contributed by atoms with Crippen LogP contribution >= 0.6 is 11.6 Å². The van der Waals surface area contributed by atoms with Gasteiger partial charge in [0.05, 0.1) is 11.6 Å². The van der Waals surface area contributed by atoms with Gasteiger partial charge in [-0.15, -0.1) is 0 Å². The van der Waals surface area contributed by atoms with Crippen LogP contribution < -0.4 is 4.74 Å². The summed E-state index contributed by atoms with van der Waals surface area (Å²) in [6.45, 7) is 9.62. The van der Waals surface area contributed by atoms with Crippen LogP contribution in [0.3, 0.4) is 0 Å². The Kier molecular flexibility index (Phi) is 6.13. The van der Waals surface area contributed by atoms with Gasteiger partial charge in [-0.1, -0.05) is 24.6 Å². The van der Waals surface area contributed by atoms with Crippen molar-refractivity contribution in [3.05, 3.63) is 28.8 Å². The van der Waals surface area contributed by atoms with Gasteiger partial charge in [0, 0.05) is 19.1 Å². The van der Waals surface area contributed by atoms with Crippen molar-refractivity contribution in [3.8, 4) is 5.75 Å². The lowest BCUT2D eigenvalue weighted by atomic mass is 9.84. The fourth-order valence-electron chi connectivity index (χ4n) is 4.39. The number of nitrogens with zero attached hydrogens (tertiary/aromatic N) is 2. The Morgan fingerprint density at radius 1 is 1.23 bits per heavy atom. The second kappa shape index (κ2) is 8.18. The van der Waals surface area contributed by atoms with Crippen molar-refractivity contribution in [1.82, 2.24) is 9.80 Å². The first kappa shape index (κ1) is 19.5. The van der Waals surface area contributed by atoms with Gasteiger partial charge in [0.1, 0.15) is 11.3 Å². The van der Waals surface area contributed by atoms with Crippen LogP contribution in [0.15, 0.2) is 18.2 Å². The Labute approximate surface area is 162 Å². The minimum absolute atomic E-state index is 0.270. The van der Waals surface area contributed by atoms with E-state index in [1.54, 1.807) is 0 Å². The van der Waals surface area contributed by atoms with Gasteiger partial charge in [-0.05, 0) is 70.2 Å². The number of halogens is 1. The number of ether oxygens (including phenoxy) is 1. The predicted molar refractivity (Wildman–Crippen MR) is 106 cm³/mol. The molecular formula is C21H31ClN2O2. The molecule has 144 valence electrons. The molecule has 5 heteroatoms. The Morgan fingerprint density at radius 3 is 2.62 bits per heavy atom. The van der Waals surface area contributed by atoms with Gasteiger partial charge in [0.15, 0.2) is 0 Å². The monoisotopic (exact) mass is 378 g/mol. The van der Waals surface area contributed by atoms with Crippen molar-refractivity contribution in [2.45, 2.75) is 71.0 Å². The molecule has 0 bridgehead atoms. The summed E-state index contributed by atoms with van der Waals surface area (Å²) in [4.78, 5) is 17.7. The van der Waals surface area contributed by atoms with Crippen LogP contribution in [-0.4, -0.2) is 47.0 Å². The lowest BCUT2D eigenvalue weighted by Crippen LogP contribution is -2.61. The molecule has 2 fully saturated rings. The molecule has 0 saturated carbocycles.